The summed E-state index contributed by atoms with van der Waals surface area (Å²) in [4.78, 5) is 12.2. The fourth-order valence-corrected chi connectivity index (χ4v) is 3.32. The maximum Gasteiger partial charge on any atom is 0.229 e. The number of rotatable bonds is 2. The van der Waals surface area contributed by atoms with Gasteiger partial charge < -0.3 is 10.6 Å². The van der Waals surface area contributed by atoms with Crippen LogP contribution in [0.3, 0.4) is 0 Å². The van der Waals surface area contributed by atoms with Gasteiger partial charge in [-0.3, -0.25) is 4.79 Å². The van der Waals surface area contributed by atoms with Crippen LogP contribution >= 0.6 is 15.9 Å². The van der Waals surface area contributed by atoms with Crippen molar-refractivity contribution in [2.24, 2.45) is 5.92 Å². The number of carbonyl (C=O) groups is 1. The molecule has 0 radical (unpaired) electrons. The molecule has 2 aliphatic heterocycles. The van der Waals surface area contributed by atoms with E-state index in [9.17, 15) is 4.79 Å². The van der Waals surface area contributed by atoms with Crippen LogP contribution in [0.1, 0.15) is 24.8 Å². The highest BCUT2D eigenvalue weighted by molar-refractivity contribution is 9.10. The van der Waals surface area contributed by atoms with Gasteiger partial charge in [0.25, 0.3) is 0 Å². The number of fused-ring (bicyclic) bond motifs is 2. The van der Waals surface area contributed by atoms with Gasteiger partial charge in [0.2, 0.25) is 5.91 Å². The lowest BCUT2D eigenvalue weighted by Crippen LogP contribution is -2.32. The quantitative estimate of drug-likeness (QED) is 0.882. The molecule has 1 amide bonds. The molecule has 2 aliphatic rings. The standard InChI is InChI=1S/C14H17BrN2O/c1-8-6-9(2-4-12(8)15)17-14(18)11-7-10-3-5-13(11)16-10/h2,4,6,10-11,13,16H,3,5,7H2,1H3,(H,17,18). The number of amides is 1. The second-order valence-electron chi connectivity index (χ2n) is 5.34. The first-order valence-corrected chi connectivity index (χ1v) is 7.26. The van der Waals surface area contributed by atoms with Crippen molar-refractivity contribution >= 4 is 27.5 Å². The summed E-state index contributed by atoms with van der Waals surface area (Å²) in [7, 11) is 0. The lowest BCUT2D eigenvalue weighted by molar-refractivity contribution is -0.120. The van der Waals surface area contributed by atoms with E-state index in [1.807, 2.05) is 25.1 Å². The third kappa shape index (κ3) is 2.19. The van der Waals surface area contributed by atoms with E-state index in [2.05, 4.69) is 26.6 Å². The maximum atomic E-state index is 12.2. The molecular weight excluding hydrogens is 292 g/mol. The van der Waals surface area contributed by atoms with Crippen LogP contribution in [0.2, 0.25) is 0 Å². The minimum atomic E-state index is 0.146. The zero-order chi connectivity index (χ0) is 12.7. The third-order valence-corrected chi connectivity index (χ3v) is 4.95. The van der Waals surface area contributed by atoms with Crippen LogP contribution in [0.25, 0.3) is 0 Å². The predicted octanol–water partition coefficient (Wildman–Crippen LogP) is 2.84. The summed E-state index contributed by atoms with van der Waals surface area (Å²) in [5, 5.41) is 6.53. The number of hydrogen-bond acceptors (Lipinski definition) is 2. The van der Waals surface area contributed by atoms with E-state index in [0.29, 0.717) is 12.1 Å². The van der Waals surface area contributed by atoms with E-state index < -0.39 is 0 Å². The number of benzene rings is 1. The molecule has 2 heterocycles. The van der Waals surface area contributed by atoms with Gasteiger partial charge in [-0.2, -0.15) is 0 Å². The van der Waals surface area contributed by atoms with Crippen molar-refractivity contribution in [3.63, 3.8) is 0 Å². The largest absolute Gasteiger partial charge is 0.326 e. The molecule has 0 spiro atoms. The van der Waals surface area contributed by atoms with Crippen molar-refractivity contribution in [2.45, 2.75) is 38.3 Å². The zero-order valence-electron chi connectivity index (χ0n) is 10.4. The van der Waals surface area contributed by atoms with Crippen LogP contribution < -0.4 is 10.6 Å². The van der Waals surface area contributed by atoms with Crippen LogP contribution in [-0.4, -0.2) is 18.0 Å². The van der Waals surface area contributed by atoms with E-state index in [1.165, 1.54) is 6.42 Å². The monoisotopic (exact) mass is 308 g/mol. The molecule has 2 N–H and O–H groups in total. The molecule has 3 unspecified atom stereocenters. The van der Waals surface area contributed by atoms with Gasteiger partial charge in [0.05, 0.1) is 5.92 Å². The Hall–Kier alpha value is -0.870. The number of halogens is 1. The van der Waals surface area contributed by atoms with E-state index in [0.717, 1.165) is 28.6 Å². The van der Waals surface area contributed by atoms with Crippen molar-refractivity contribution in [3.05, 3.63) is 28.2 Å². The minimum Gasteiger partial charge on any atom is -0.326 e. The van der Waals surface area contributed by atoms with Gasteiger partial charge in [-0.05, 0) is 49.9 Å². The summed E-state index contributed by atoms with van der Waals surface area (Å²) >= 11 is 3.47. The maximum absolute atomic E-state index is 12.2. The topological polar surface area (TPSA) is 41.1 Å². The lowest BCUT2D eigenvalue weighted by atomic mass is 9.88. The molecule has 0 aromatic heterocycles. The highest BCUT2D eigenvalue weighted by atomic mass is 79.9. The molecule has 3 nitrogen and oxygen atoms in total. The predicted molar refractivity (Wildman–Crippen MR) is 75.6 cm³/mol. The molecule has 3 atom stereocenters. The Kier molecular flexibility index (Phi) is 3.16. The van der Waals surface area contributed by atoms with Crippen LogP contribution in [0.15, 0.2) is 22.7 Å². The molecule has 1 aromatic carbocycles. The lowest BCUT2D eigenvalue weighted by Gasteiger charge is -2.19. The summed E-state index contributed by atoms with van der Waals surface area (Å²) in [6.07, 6.45) is 3.36. The van der Waals surface area contributed by atoms with Gasteiger partial charge in [0.15, 0.2) is 0 Å². The van der Waals surface area contributed by atoms with Gasteiger partial charge >= 0.3 is 0 Å². The number of anilines is 1. The van der Waals surface area contributed by atoms with Gasteiger partial charge in [0, 0.05) is 22.2 Å². The van der Waals surface area contributed by atoms with Crippen LogP contribution in [0.4, 0.5) is 5.69 Å². The SMILES string of the molecule is Cc1cc(NC(=O)C2CC3CCC2N3)ccc1Br. The van der Waals surface area contributed by atoms with Gasteiger partial charge in [-0.25, -0.2) is 0 Å². The Morgan fingerprint density at radius 2 is 2.28 bits per heavy atom. The average molecular weight is 309 g/mol. The van der Waals surface area contributed by atoms with Crippen molar-refractivity contribution in [3.8, 4) is 0 Å². The number of carbonyl (C=O) groups excluding carboxylic acids is 1. The molecular formula is C14H17BrN2O. The molecule has 2 bridgehead atoms. The Labute approximate surface area is 115 Å². The summed E-state index contributed by atoms with van der Waals surface area (Å²) in [6, 6.07) is 6.88. The summed E-state index contributed by atoms with van der Waals surface area (Å²) < 4.78 is 1.07. The average Bonchev–Trinajstić information content (AvgIpc) is 2.96. The van der Waals surface area contributed by atoms with Crippen molar-refractivity contribution in [1.29, 1.82) is 0 Å². The first-order chi connectivity index (χ1) is 8.63. The van der Waals surface area contributed by atoms with E-state index in [1.54, 1.807) is 0 Å². The molecule has 0 saturated carbocycles. The van der Waals surface area contributed by atoms with E-state index in [4.69, 9.17) is 0 Å². The smallest absolute Gasteiger partial charge is 0.229 e. The number of nitrogens with one attached hydrogen (secondary N) is 2. The second kappa shape index (κ2) is 4.67. The Morgan fingerprint density at radius 1 is 1.44 bits per heavy atom. The molecule has 96 valence electrons. The molecule has 3 rings (SSSR count). The first kappa shape index (κ1) is 12.2. The Balaban J connectivity index is 1.69. The zero-order valence-corrected chi connectivity index (χ0v) is 12.0. The Morgan fingerprint density at radius 3 is 2.89 bits per heavy atom. The number of hydrogen-bond donors (Lipinski definition) is 2. The van der Waals surface area contributed by atoms with Crippen LogP contribution in [0, 0.1) is 12.8 Å². The first-order valence-electron chi connectivity index (χ1n) is 6.46. The van der Waals surface area contributed by atoms with Crippen molar-refractivity contribution in [1.82, 2.24) is 5.32 Å². The van der Waals surface area contributed by atoms with Gasteiger partial charge in [-0.15, -0.1) is 0 Å². The summed E-state index contributed by atoms with van der Waals surface area (Å²) in [6.45, 7) is 2.03. The molecule has 2 fully saturated rings. The Bertz CT molecular complexity index is 489. The van der Waals surface area contributed by atoms with E-state index in [-0.39, 0.29) is 11.8 Å². The van der Waals surface area contributed by atoms with E-state index >= 15 is 0 Å². The highest BCUT2D eigenvalue weighted by Crippen LogP contribution is 2.34. The molecule has 2 saturated heterocycles. The van der Waals surface area contributed by atoms with Gasteiger partial charge in [-0.1, -0.05) is 15.9 Å². The minimum absolute atomic E-state index is 0.146. The third-order valence-electron chi connectivity index (χ3n) is 4.06. The summed E-state index contributed by atoms with van der Waals surface area (Å²) in [5.41, 5.74) is 2.03. The fraction of sp³-hybridized carbons (Fsp3) is 0.500. The number of aryl methyl sites for hydroxylation is 1. The van der Waals surface area contributed by atoms with Crippen LogP contribution in [0.5, 0.6) is 0 Å². The molecule has 4 heteroatoms. The van der Waals surface area contributed by atoms with Gasteiger partial charge in [0.1, 0.15) is 0 Å². The fourth-order valence-electron chi connectivity index (χ4n) is 3.07. The molecule has 0 aliphatic carbocycles. The normalized spacial score (nSPS) is 29.6. The molecule has 1 aromatic rings. The molecule has 18 heavy (non-hydrogen) atoms. The highest BCUT2D eigenvalue weighted by Gasteiger charge is 2.42. The van der Waals surface area contributed by atoms with Crippen molar-refractivity contribution < 1.29 is 4.79 Å². The van der Waals surface area contributed by atoms with Crippen molar-refractivity contribution in [2.75, 3.05) is 5.32 Å². The van der Waals surface area contributed by atoms with Crippen LogP contribution in [-0.2, 0) is 4.79 Å². The summed E-state index contributed by atoms with van der Waals surface area (Å²) in [5.74, 6) is 0.309. The second-order valence-corrected chi connectivity index (χ2v) is 6.20.